The zero-order valence-electron chi connectivity index (χ0n) is 14.8. The molecule has 0 aliphatic rings. The summed E-state index contributed by atoms with van der Waals surface area (Å²) in [5, 5.41) is 4.78. The van der Waals surface area contributed by atoms with Crippen molar-refractivity contribution in [2.24, 2.45) is 5.10 Å². The number of hydrogen-bond acceptors (Lipinski definition) is 3. The molecule has 0 aromatic heterocycles. The summed E-state index contributed by atoms with van der Waals surface area (Å²) in [6.45, 7) is 0.461. The van der Waals surface area contributed by atoms with E-state index >= 15 is 0 Å². The Morgan fingerprint density at radius 2 is 1.72 bits per heavy atom. The van der Waals surface area contributed by atoms with Gasteiger partial charge in [0.25, 0.3) is 5.91 Å². The Balaban J connectivity index is 1.64. The summed E-state index contributed by atoms with van der Waals surface area (Å²) in [5.74, 6) is 0.577. The predicted molar refractivity (Wildman–Crippen MR) is 142 cm³/mol. The highest BCUT2D eigenvalue weighted by molar-refractivity contribution is 14.1. The van der Waals surface area contributed by atoms with Gasteiger partial charge in [-0.2, -0.15) is 5.10 Å². The van der Waals surface area contributed by atoms with E-state index in [0.29, 0.717) is 17.2 Å². The van der Waals surface area contributed by atoms with Crippen LogP contribution in [0.3, 0.4) is 0 Å². The lowest BCUT2D eigenvalue weighted by molar-refractivity contribution is 0.0955. The highest BCUT2D eigenvalue weighted by Gasteiger charge is 2.09. The van der Waals surface area contributed by atoms with Gasteiger partial charge >= 0.3 is 0 Å². The normalized spacial score (nSPS) is 10.9. The van der Waals surface area contributed by atoms with E-state index in [4.69, 9.17) is 16.3 Å². The van der Waals surface area contributed by atoms with Gasteiger partial charge in [-0.3, -0.25) is 4.79 Å². The van der Waals surface area contributed by atoms with Crippen molar-refractivity contribution in [2.75, 3.05) is 0 Å². The van der Waals surface area contributed by atoms with Gasteiger partial charge in [0.15, 0.2) is 0 Å². The minimum atomic E-state index is -0.243. The van der Waals surface area contributed by atoms with Gasteiger partial charge in [-0.15, -0.1) is 0 Å². The average molecular weight is 743 g/mol. The van der Waals surface area contributed by atoms with Crippen LogP contribution < -0.4 is 10.2 Å². The molecule has 0 fully saturated rings. The molecule has 0 radical (unpaired) electrons. The number of carbonyl (C=O) groups is 1. The van der Waals surface area contributed by atoms with Gasteiger partial charge < -0.3 is 4.74 Å². The average Bonchev–Trinajstić information content (AvgIpc) is 2.68. The molecule has 1 amide bonds. The number of benzene rings is 3. The first-order chi connectivity index (χ1) is 13.9. The number of hydrogen-bond donors (Lipinski definition) is 1. The number of nitrogens with one attached hydrogen (secondary N) is 1. The van der Waals surface area contributed by atoms with E-state index in [9.17, 15) is 4.79 Å². The standard InChI is InChI=1S/C21H14ClI3N2O2/c22-16-6-4-13(5-7-16)12-29-20-18(24)8-14(9-19(20)25)11-26-27-21(28)15-2-1-3-17(23)10-15/h1-11H,12H2,(H,27,28)/b26-11-. The summed E-state index contributed by atoms with van der Waals surface area (Å²) in [6.07, 6.45) is 1.62. The molecule has 0 saturated heterocycles. The van der Waals surface area contributed by atoms with Crippen LogP contribution in [0.25, 0.3) is 0 Å². The fourth-order valence-electron chi connectivity index (χ4n) is 2.39. The largest absolute Gasteiger partial charge is 0.487 e. The molecule has 148 valence electrons. The second-order valence-corrected chi connectivity index (χ2v) is 9.94. The lowest BCUT2D eigenvalue weighted by Crippen LogP contribution is -2.17. The molecular formula is C21H14ClI3N2O2. The Labute approximate surface area is 214 Å². The van der Waals surface area contributed by atoms with Crippen LogP contribution in [0.5, 0.6) is 5.75 Å². The van der Waals surface area contributed by atoms with E-state index in [1.807, 2.05) is 54.6 Å². The summed E-state index contributed by atoms with van der Waals surface area (Å²) in [6, 6.07) is 18.8. The SMILES string of the molecule is O=C(N/N=C\c1cc(I)c(OCc2ccc(Cl)cc2)c(I)c1)c1cccc(I)c1. The van der Waals surface area contributed by atoms with Gasteiger partial charge in [0, 0.05) is 14.2 Å². The number of hydrazone groups is 1. The summed E-state index contributed by atoms with van der Waals surface area (Å²) >= 11 is 12.6. The van der Waals surface area contributed by atoms with Crippen molar-refractivity contribution in [2.45, 2.75) is 6.61 Å². The quantitative estimate of drug-likeness (QED) is 0.178. The van der Waals surface area contributed by atoms with E-state index in [2.05, 4.69) is 78.3 Å². The van der Waals surface area contributed by atoms with E-state index in [0.717, 1.165) is 27.6 Å². The third kappa shape index (κ3) is 6.79. The Kier molecular flexibility index (Phi) is 8.57. The lowest BCUT2D eigenvalue weighted by atomic mass is 10.2. The van der Waals surface area contributed by atoms with Crippen molar-refractivity contribution in [3.8, 4) is 5.75 Å². The maximum Gasteiger partial charge on any atom is 0.271 e. The lowest BCUT2D eigenvalue weighted by Gasteiger charge is -2.11. The number of ether oxygens (including phenoxy) is 1. The van der Waals surface area contributed by atoms with Gasteiger partial charge in [0.1, 0.15) is 12.4 Å². The molecule has 29 heavy (non-hydrogen) atoms. The topological polar surface area (TPSA) is 50.7 Å². The fourth-order valence-corrected chi connectivity index (χ4v) is 5.18. The van der Waals surface area contributed by atoms with Crippen LogP contribution in [-0.4, -0.2) is 12.1 Å². The first kappa shape index (κ1) is 22.8. The van der Waals surface area contributed by atoms with Crippen molar-refractivity contribution >= 4 is 91.5 Å². The molecule has 0 spiro atoms. The van der Waals surface area contributed by atoms with Crippen LogP contribution in [-0.2, 0) is 6.61 Å². The Morgan fingerprint density at radius 1 is 1.03 bits per heavy atom. The van der Waals surface area contributed by atoms with Crippen LogP contribution in [0.4, 0.5) is 0 Å². The van der Waals surface area contributed by atoms with Crippen molar-refractivity contribution in [1.82, 2.24) is 5.43 Å². The molecule has 0 atom stereocenters. The molecule has 0 aliphatic heterocycles. The van der Waals surface area contributed by atoms with Crippen LogP contribution in [0.2, 0.25) is 5.02 Å². The molecule has 0 bridgehead atoms. The van der Waals surface area contributed by atoms with Crippen molar-refractivity contribution < 1.29 is 9.53 Å². The molecular weight excluding hydrogens is 728 g/mol. The molecule has 3 rings (SSSR count). The van der Waals surface area contributed by atoms with Crippen LogP contribution in [0.15, 0.2) is 65.8 Å². The van der Waals surface area contributed by atoms with E-state index in [-0.39, 0.29) is 5.91 Å². The summed E-state index contributed by atoms with van der Waals surface area (Å²) in [4.78, 5) is 12.2. The Hall–Kier alpha value is -0.920. The van der Waals surface area contributed by atoms with E-state index in [1.165, 1.54) is 0 Å². The first-order valence-corrected chi connectivity index (χ1v) is 12.0. The van der Waals surface area contributed by atoms with E-state index in [1.54, 1.807) is 12.3 Å². The van der Waals surface area contributed by atoms with Gasteiger partial charge in [-0.1, -0.05) is 29.8 Å². The van der Waals surface area contributed by atoms with Crippen molar-refractivity contribution in [3.63, 3.8) is 0 Å². The molecule has 0 heterocycles. The number of rotatable bonds is 6. The third-order valence-corrected chi connectivity index (χ3v) is 6.31. The number of nitrogens with zero attached hydrogens (tertiary/aromatic N) is 1. The van der Waals surface area contributed by atoms with Crippen LogP contribution >= 0.6 is 79.4 Å². The van der Waals surface area contributed by atoms with Gasteiger partial charge in [-0.05, 0) is 121 Å². The minimum Gasteiger partial charge on any atom is -0.487 e. The number of amides is 1. The summed E-state index contributed by atoms with van der Waals surface area (Å²) < 4.78 is 8.92. The zero-order chi connectivity index (χ0) is 20.8. The molecule has 0 unspecified atom stereocenters. The minimum absolute atomic E-state index is 0.243. The smallest absolute Gasteiger partial charge is 0.271 e. The summed E-state index contributed by atoms with van der Waals surface area (Å²) in [7, 11) is 0. The molecule has 3 aromatic rings. The van der Waals surface area contributed by atoms with Crippen molar-refractivity contribution in [1.29, 1.82) is 0 Å². The van der Waals surface area contributed by atoms with Crippen molar-refractivity contribution in [3.05, 3.63) is 93.1 Å². The molecule has 3 aromatic carbocycles. The molecule has 0 aliphatic carbocycles. The second-order valence-electron chi connectivity index (χ2n) is 5.94. The zero-order valence-corrected chi connectivity index (χ0v) is 22.1. The molecule has 1 N–H and O–H groups in total. The number of halogens is 4. The summed E-state index contributed by atoms with van der Waals surface area (Å²) in [5.41, 5.74) is 5.05. The highest BCUT2D eigenvalue weighted by atomic mass is 127. The molecule has 4 nitrogen and oxygen atoms in total. The maximum atomic E-state index is 12.2. The van der Waals surface area contributed by atoms with E-state index < -0.39 is 0 Å². The highest BCUT2D eigenvalue weighted by Crippen LogP contribution is 2.29. The first-order valence-electron chi connectivity index (χ1n) is 8.37. The van der Waals surface area contributed by atoms with Crippen LogP contribution in [0, 0.1) is 10.7 Å². The fraction of sp³-hybridized carbons (Fsp3) is 0.0476. The Bertz CT molecular complexity index is 1030. The van der Waals surface area contributed by atoms with Gasteiger partial charge in [0.05, 0.1) is 13.4 Å². The van der Waals surface area contributed by atoms with Crippen LogP contribution in [0.1, 0.15) is 21.5 Å². The number of carbonyl (C=O) groups excluding carboxylic acids is 1. The Morgan fingerprint density at radius 3 is 2.38 bits per heavy atom. The third-order valence-electron chi connectivity index (χ3n) is 3.78. The van der Waals surface area contributed by atoms with Gasteiger partial charge in [0.2, 0.25) is 0 Å². The monoisotopic (exact) mass is 742 g/mol. The predicted octanol–water partition coefficient (Wildman–Crippen LogP) is 6.50. The molecule has 0 saturated carbocycles. The maximum absolute atomic E-state index is 12.2. The molecule has 8 heteroatoms. The second kappa shape index (κ2) is 10.9. The van der Waals surface area contributed by atoms with Gasteiger partial charge in [-0.25, -0.2) is 5.43 Å².